The molecule has 1 amide bonds. The normalized spacial score (nSPS) is 12.1. The van der Waals surface area contributed by atoms with Gasteiger partial charge in [-0.2, -0.15) is 4.80 Å². The monoisotopic (exact) mass is 319 g/mol. The SMILES string of the molecule is CCCCC[C@@H](C)NC(=O)Cn1nnc(-c2ccc(F)cc2)n1. The first-order valence-electron chi connectivity index (χ1n) is 7.91. The van der Waals surface area contributed by atoms with E-state index in [0.29, 0.717) is 11.4 Å². The Kier molecular flexibility index (Phi) is 6.19. The number of benzene rings is 1. The maximum absolute atomic E-state index is 12.9. The van der Waals surface area contributed by atoms with Crippen LogP contribution >= 0.6 is 0 Å². The highest BCUT2D eigenvalue weighted by Gasteiger charge is 2.11. The van der Waals surface area contributed by atoms with E-state index in [1.807, 2.05) is 6.92 Å². The number of carbonyl (C=O) groups is 1. The van der Waals surface area contributed by atoms with Crippen molar-refractivity contribution in [1.29, 1.82) is 0 Å². The van der Waals surface area contributed by atoms with E-state index in [1.54, 1.807) is 12.1 Å². The van der Waals surface area contributed by atoms with Gasteiger partial charge in [-0.1, -0.05) is 26.2 Å². The van der Waals surface area contributed by atoms with E-state index in [1.165, 1.54) is 23.4 Å². The zero-order chi connectivity index (χ0) is 16.7. The molecule has 23 heavy (non-hydrogen) atoms. The fraction of sp³-hybridized carbons (Fsp3) is 0.500. The summed E-state index contributed by atoms with van der Waals surface area (Å²) in [6, 6.07) is 5.95. The molecule has 0 saturated carbocycles. The molecular weight excluding hydrogens is 297 g/mol. The highest BCUT2D eigenvalue weighted by molar-refractivity contribution is 5.75. The number of unbranched alkanes of at least 4 members (excludes halogenated alkanes) is 2. The molecule has 1 aromatic heterocycles. The molecule has 0 aliphatic carbocycles. The van der Waals surface area contributed by atoms with Crippen LogP contribution in [-0.2, 0) is 11.3 Å². The molecule has 1 N–H and O–H groups in total. The minimum Gasteiger partial charge on any atom is -0.352 e. The Morgan fingerprint density at radius 2 is 2.04 bits per heavy atom. The number of tetrazole rings is 1. The number of aromatic nitrogens is 4. The van der Waals surface area contributed by atoms with Crippen molar-refractivity contribution < 1.29 is 9.18 Å². The second-order valence-electron chi connectivity index (χ2n) is 5.61. The van der Waals surface area contributed by atoms with Crippen molar-refractivity contribution in [3.8, 4) is 11.4 Å². The van der Waals surface area contributed by atoms with Gasteiger partial charge in [-0.05, 0) is 42.8 Å². The first-order chi connectivity index (χ1) is 11.1. The number of halogens is 1. The standard InChI is InChI=1S/C16H22FN5O/c1-3-4-5-6-12(2)18-15(23)11-22-20-16(19-21-22)13-7-9-14(17)10-8-13/h7-10,12H,3-6,11H2,1-2H3,(H,18,23)/t12-/m1/s1. The summed E-state index contributed by atoms with van der Waals surface area (Å²) in [6.45, 7) is 4.16. The van der Waals surface area contributed by atoms with Crippen molar-refractivity contribution in [3.05, 3.63) is 30.1 Å². The van der Waals surface area contributed by atoms with Crippen LogP contribution in [0.1, 0.15) is 39.5 Å². The molecule has 1 aromatic carbocycles. The number of rotatable bonds is 8. The fourth-order valence-electron chi connectivity index (χ4n) is 2.25. The molecule has 124 valence electrons. The lowest BCUT2D eigenvalue weighted by molar-refractivity contribution is -0.122. The molecule has 7 heteroatoms. The summed E-state index contributed by atoms with van der Waals surface area (Å²) in [5, 5.41) is 14.8. The lowest BCUT2D eigenvalue weighted by atomic mass is 10.1. The number of nitrogens with zero attached hydrogens (tertiary/aromatic N) is 4. The third-order valence-electron chi connectivity index (χ3n) is 3.49. The summed E-state index contributed by atoms with van der Waals surface area (Å²) in [5.74, 6) is -0.0940. The quantitative estimate of drug-likeness (QED) is 0.759. The minimum absolute atomic E-state index is 0.0202. The number of amides is 1. The maximum Gasteiger partial charge on any atom is 0.243 e. The van der Waals surface area contributed by atoms with Gasteiger partial charge in [-0.25, -0.2) is 4.39 Å². The maximum atomic E-state index is 12.9. The zero-order valence-corrected chi connectivity index (χ0v) is 13.5. The Labute approximate surface area is 135 Å². The molecule has 6 nitrogen and oxygen atoms in total. The Balaban J connectivity index is 1.86. The second-order valence-corrected chi connectivity index (χ2v) is 5.61. The molecule has 1 atom stereocenters. The van der Waals surface area contributed by atoms with Crippen LogP contribution in [0.4, 0.5) is 4.39 Å². The molecule has 0 bridgehead atoms. The van der Waals surface area contributed by atoms with Gasteiger partial charge >= 0.3 is 0 Å². The molecule has 2 rings (SSSR count). The first-order valence-corrected chi connectivity index (χ1v) is 7.91. The molecule has 0 aliphatic heterocycles. The van der Waals surface area contributed by atoms with Crippen LogP contribution < -0.4 is 5.32 Å². The van der Waals surface area contributed by atoms with Gasteiger partial charge < -0.3 is 5.32 Å². The van der Waals surface area contributed by atoms with Crippen molar-refractivity contribution in [2.24, 2.45) is 0 Å². The molecule has 0 aliphatic rings. The second kappa shape index (κ2) is 8.36. The largest absolute Gasteiger partial charge is 0.352 e. The topological polar surface area (TPSA) is 72.7 Å². The van der Waals surface area contributed by atoms with Gasteiger partial charge in [0.05, 0.1) is 0 Å². The summed E-state index contributed by atoms with van der Waals surface area (Å²) in [6.07, 6.45) is 4.40. The number of nitrogens with one attached hydrogen (secondary N) is 1. The van der Waals surface area contributed by atoms with E-state index in [2.05, 4.69) is 27.7 Å². The smallest absolute Gasteiger partial charge is 0.243 e. The predicted octanol–water partition coefficient (Wildman–Crippen LogP) is 2.56. The predicted molar refractivity (Wildman–Crippen MR) is 85.0 cm³/mol. The fourth-order valence-corrected chi connectivity index (χ4v) is 2.25. The Hall–Kier alpha value is -2.31. The van der Waals surface area contributed by atoms with Crippen LogP contribution in [-0.4, -0.2) is 32.2 Å². The van der Waals surface area contributed by atoms with Gasteiger partial charge in [0.15, 0.2) is 0 Å². The zero-order valence-electron chi connectivity index (χ0n) is 13.5. The highest BCUT2D eigenvalue weighted by atomic mass is 19.1. The van der Waals surface area contributed by atoms with Gasteiger partial charge in [-0.15, -0.1) is 10.2 Å². The van der Waals surface area contributed by atoms with E-state index in [-0.39, 0.29) is 24.3 Å². The Morgan fingerprint density at radius 1 is 1.30 bits per heavy atom. The summed E-state index contributed by atoms with van der Waals surface area (Å²) >= 11 is 0. The third-order valence-corrected chi connectivity index (χ3v) is 3.49. The summed E-state index contributed by atoms with van der Waals surface area (Å²) in [7, 11) is 0. The molecule has 1 heterocycles. The average molecular weight is 319 g/mol. The van der Waals surface area contributed by atoms with Crippen LogP contribution in [0, 0.1) is 5.82 Å². The van der Waals surface area contributed by atoms with E-state index in [0.717, 1.165) is 19.3 Å². The first kappa shape index (κ1) is 17.1. The highest BCUT2D eigenvalue weighted by Crippen LogP contribution is 2.13. The van der Waals surface area contributed by atoms with Gasteiger partial charge in [0.1, 0.15) is 12.4 Å². The molecule has 0 fully saturated rings. The third kappa shape index (κ3) is 5.43. The van der Waals surface area contributed by atoms with Crippen LogP contribution in [0.3, 0.4) is 0 Å². The van der Waals surface area contributed by atoms with Crippen LogP contribution in [0.25, 0.3) is 11.4 Å². The summed E-state index contributed by atoms with van der Waals surface area (Å²) in [5.41, 5.74) is 0.658. The molecule has 0 saturated heterocycles. The Bertz CT molecular complexity index is 626. The molecule has 2 aromatic rings. The van der Waals surface area contributed by atoms with Crippen molar-refractivity contribution in [3.63, 3.8) is 0 Å². The van der Waals surface area contributed by atoms with Gasteiger partial charge in [0, 0.05) is 11.6 Å². The van der Waals surface area contributed by atoms with E-state index in [9.17, 15) is 9.18 Å². The van der Waals surface area contributed by atoms with Gasteiger partial charge in [-0.3, -0.25) is 4.79 Å². The summed E-state index contributed by atoms with van der Waals surface area (Å²) < 4.78 is 12.9. The number of carbonyl (C=O) groups excluding carboxylic acids is 1. The molecule has 0 radical (unpaired) electrons. The van der Waals surface area contributed by atoms with Gasteiger partial charge in [0.25, 0.3) is 0 Å². The minimum atomic E-state index is -0.322. The van der Waals surface area contributed by atoms with Crippen LogP contribution in [0.5, 0.6) is 0 Å². The van der Waals surface area contributed by atoms with Crippen molar-refractivity contribution >= 4 is 5.91 Å². The average Bonchev–Trinajstić information content (AvgIpc) is 2.96. The molecule has 0 spiro atoms. The van der Waals surface area contributed by atoms with Crippen molar-refractivity contribution in [1.82, 2.24) is 25.5 Å². The van der Waals surface area contributed by atoms with E-state index < -0.39 is 0 Å². The van der Waals surface area contributed by atoms with E-state index in [4.69, 9.17) is 0 Å². The van der Waals surface area contributed by atoms with Crippen LogP contribution in [0.2, 0.25) is 0 Å². The molecule has 0 unspecified atom stereocenters. The number of hydrogen-bond donors (Lipinski definition) is 1. The Morgan fingerprint density at radius 3 is 2.74 bits per heavy atom. The lowest BCUT2D eigenvalue weighted by Gasteiger charge is -2.12. The molecular formula is C16H22FN5O. The number of hydrogen-bond acceptors (Lipinski definition) is 4. The van der Waals surface area contributed by atoms with Crippen molar-refractivity contribution in [2.75, 3.05) is 0 Å². The summed E-state index contributed by atoms with van der Waals surface area (Å²) in [4.78, 5) is 13.2. The van der Waals surface area contributed by atoms with E-state index >= 15 is 0 Å². The van der Waals surface area contributed by atoms with Gasteiger partial charge in [0.2, 0.25) is 11.7 Å². The lowest BCUT2D eigenvalue weighted by Crippen LogP contribution is -2.35. The van der Waals surface area contributed by atoms with Crippen molar-refractivity contribution in [2.45, 2.75) is 52.1 Å². The van der Waals surface area contributed by atoms with Crippen LogP contribution in [0.15, 0.2) is 24.3 Å².